The third-order valence-corrected chi connectivity index (χ3v) is 5.11. The van der Waals surface area contributed by atoms with Crippen molar-refractivity contribution in [1.82, 2.24) is 4.98 Å². The van der Waals surface area contributed by atoms with Crippen molar-refractivity contribution in [3.8, 4) is 5.88 Å². The summed E-state index contributed by atoms with van der Waals surface area (Å²) in [4.78, 5) is 16.7. The number of benzene rings is 1. The Labute approximate surface area is 186 Å². The standard InChI is InChI=1S/C21H22Br2N2O4/c1-4-27-21(26)29-18-15(13-8-6-5-7-9-13)16-14(25-17(18)19(22)23)10-11-24-20(16)28-12(2)3/h5-12,15,19,25H,4H2,1-3H3. The molecule has 0 fully saturated rings. The first kappa shape index (κ1) is 21.6. The Kier molecular flexibility index (Phi) is 7.18. The molecule has 6 nitrogen and oxygen atoms in total. The summed E-state index contributed by atoms with van der Waals surface area (Å²) in [6.07, 6.45) is 0.866. The Balaban J connectivity index is 2.22. The van der Waals surface area contributed by atoms with Gasteiger partial charge in [-0.1, -0.05) is 62.2 Å². The second-order valence-electron chi connectivity index (χ2n) is 6.58. The van der Waals surface area contributed by atoms with E-state index >= 15 is 0 Å². The third-order valence-electron chi connectivity index (χ3n) is 4.19. The van der Waals surface area contributed by atoms with E-state index < -0.39 is 12.1 Å². The number of carbonyl (C=O) groups is 1. The van der Waals surface area contributed by atoms with Gasteiger partial charge in [-0.3, -0.25) is 0 Å². The van der Waals surface area contributed by atoms with Crippen molar-refractivity contribution in [2.45, 2.75) is 36.5 Å². The number of halogens is 2. The van der Waals surface area contributed by atoms with Gasteiger partial charge in [-0.2, -0.15) is 0 Å². The minimum atomic E-state index is -0.762. The van der Waals surface area contributed by atoms with Crippen LogP contribution in [0.5, 0.6) is 5.88 Å². The summed E-state index contributed by atoms with van der Waals surface area (Å²) in [5, 5.41) is 3.34. The summed E-state index contributed by atoms with van der Waals surface area (Å²) in [6, 6.07) is 11.7. The minimum Gasteiger partial charge on any atom is -0.475 e. The normalized spacial score (nSPS) is 15.8. The van der Waals surface area contributed by atoms with Crippen molar-refractivity contribution >= 4 is 43.7 Å². The molecule has 1 aliphatic rings. The maximum atomic E-state index is 12.2. The number of aromatic nitrogens is 1. The average Bonchev–Trinajstić information content (AvgIpc) is 2.68. The lowest BCUT2D eigenvalue weighted by Gasteiger charge is -2.32. The van der Waals surface area contributed by atoms with Crippen molar-refractivity contribution in [1.29, 1.82) is 0 Å². The van der Waals surface area contributed by atoms with Gasteiger partial charge in [0.25, 0.3) is 0 Å². The maximum Gasteiger partial charge on any atom is 0.513 e. The summed E-state index contributed by atoms with van der Waals surface area (Å²) in [7, 11) is 0. The van der Waals surface area contributed by atoms with E-state index in [1.165, 1.54) is 0 Å². The number of ether oxygens (including phenoxy) is 3. The predicted octanol–water partition coefficient (Wildman–Crippen LogP) is 5.93. The van der Waals surface area contributed by atoms with Crippen molar-refractivity contribution in [2.24, 2.45) is 0 Å². The molecule has 0 bridgehead atoms. The van der Waals surface area contributed by atoms with Crippen LogP contribution in [0.25, 0.3) is 0 Å². The van der Waals surface area contributed by atoms with Crippen LogP contribution in [0.2, 0.25) is 0 Å². The number of carbonyl (C=O) groups excluding carboxylic acids is 1. The van der Waals surface area contributed by atoms with Gasteiger partial charge in [-0.05, 0) is 32.4 Å². The highest BCUT2D eigenvalue weighted by Gasteiger charge is 2.37. The SMILES string of the molecule is CCOC(=O)OC1=C(C(Br)Br)Nc2ccnc(OC(C)C)c2C1c1ccccc1. The fourth-order valence-corrected chi connectivity index (χ4v) is 3.81. The lowest BCUT2D eigenvalue weighted by Crippen LogP contribution is -2.26. The van der Waals surface area contributed by atoms with Crippen molar-refractivity contribution < 1.29 is 19.0 Å². The first-order valence-corrected chi connectivity index (χ1v) is 11.1. The smallest absolute Gasteiger partial charge is 0.475 e. The molecular formula is C21H22Br2N2O4. The van der Waals surface area contributed by atoms with Gasteiger partial charge in [0.1, 0.15) is 9.50 Å². The van der Waals surface area contributed by atoms with E-state index in [1.54, 1.807) is 13.1 Å². The minimum absolute atomic E-state index is 0.0645. The molecule has 1 aliphatic heterocycles. The first-order valence-electron chi connectivity index (χ1n) is 9.26. The number of alkyl halides is 2. The van der Waals surface area contributed by atoms with Gasteiger partial charge in [0.05, 0.1) is 29.9 Å². The van der Waals surface area contributed by atoms with Crippen LogP contribution in [-0.2, 0) is 9.47 Å². The molecule has 1 atom stereocenters. The fourth-order valence-electron chi connectivity index (χ4n) is 3.13. The van der Waals surface area contributed by atoms with Crippen LogP contribution in [-0.4, -0.2) is 27.6 Å². The number of rotatable bonds is 6. The van der Waals surface area contributed by atoms with Crippen LogP contribution in [0.15, 0.2) is 54.1 Å². The van der Waals surface area contributed by atoms with E-state index in [9.17, 15) is 4.79 Å². The number of anilines is 1. The number of fused-ring (bicyclic) bond motifs is 1. The molecule has 3 rings (SSSR count). The molecule has 2 aromatic rings. The molecule has 1 N–H and O–H groups in total. The van der Waals surface area contributed by atoms with Crippen molar-refractivity contribution in [3.63, 3.8) is 0 Å². The molecule has 2 heterocycles. The monoisotopic (exact) mass is 524 g/mol. The molecule has 1 aromatic heterocycles. The predicted molar refractivity (Wildman–Crippen MR) is 119 cm³/mol. The Hall–Kier alpha value is -2.06. The van der Waals surface area contributed by atoms with E-state index in [-0.39, 0.29) is 16.4 Å². The van der Waals surface area contributed by atoms with Crippen LogP contribution in [0, 0.1) is 0 Å². The maximum absolute atomic E-state index is 12.2. The third kappa shape index (κ3) is 4.93. The summed E-state index contributed by atoms with van der Waals surface area (Å²) < 4.78 is 16.5. The highest BCUT2D eigenvalue weighted by Crippen LogP contribution is 2.47. The van der Waals surface area contributed by atoms with Crippen LogP contribution >= 0.6 is 31.9 Å². The molecule has 8 heteroatoms. The van der Waals surface area contributed by atoms with Crippen molar-refractivity contribution in [3.05, 3.63) is 65.2 Å². The van der Waals surface area contributed by atoms with Gasteiger partial charge >= 0.3 is 6.16 Å². The highest BCUT2D eigenvalue weighted by molar-refractivity contribution is 9.24. The van der Waals surface area contributed by atoms with Gasteiger partial charge < -0.3 is 19.5 Å². The topological polar surface area (TPSA) is 69.7 Å². The van der Waals surface area contributed by atoms with Gasteiger partial charge in [0.15, 0.2) is 0 Å². The Morgan fingerprint density at radius 3 is 2.55 bits per heavy atom. The average molecular weight is 526 g/mol. The van der Waals surface area contributed by atoms with E-state index in [2.05, 4.69) is 42.2 Å². The zero-order valence-corrected chi connectivity index (χ0v) is 19.5. The quantitative estimate of drug-likeness (QED) is 0.372. The van der Waals surface area contributed by atoms with Crippen LogP contribution in [0.4, 0.5) is 10.5 Å². The van der Waals surface area contributed by atoms with Crippen LogP contribution in [0.1, 0.15) is 37.8 Å². The van der Waals surface area contributed by atoms with Gasteiger partial charge in [-0.15, -0.1) is 0 Å². The number of nitrogens with one attached hydrogen (secondary N) is 1. The molecule has 0 saturated heterocycles. The molecular weight excluding hydrogens is 504 g/mol. The zero-order valence-electron chi connectivity index (χ0n) is 16.3. The van der Waals surface area contributed by atoms with Gasteiger partial charge in [-0.25, -0.2) is 9.78 Å². The number of nitrogens with zero attached hydrogens (tertiary/aromatic N) is 1. The van der Waals surface area contributed by atoms with E-state index in [0.717, 1.165) is 16.8 Å². The molecule has 0 saturated carbocycles. The van der Waals surface area contributed by atoms with Gasteiger partial charge in [0, 0.05) is 11.9 Å². The second-order valence-corrected chi connectivity index (χ2v) is 9.64. The molecule has 0 spiro atoms. The summed E-state index contributed by atoms with van der Waals surface area (Å²) >= 11 is 7.07. The largest absolute Gasteiger partial charge is 0.513 e. The second kappa shape index (κ2) is 9.63. The lowest BCUT2D eigenvalue weighted by molar-refractivity contribution is 0.0775. The molecule has 0 amide bonds. The number of allylic oxidation sites excluding steroid dienone is 2. The molecule has 154 valence electrons. The summed E-state index contributed by atoms with van der Waals surface area (Å²) in [5.41, 5.74) is 3.24. The number of pyridine rings is 1. The molecule has 29 heavy (non-hydrogen) atoms. The van der Waals surface area contributed by atoms with Crippen LogP contribution in [0.3, 0.4) is 0 Å². The Bertz CT molecular complexity index is 901. The highest BCUT2D eigenvalue weighted by atomic mass is 79.9. The summed E-state index contributed by atoms with van der Waals surface area (Å²) in [5.74, 6) is 0.498. The van der Waals surface area contributed by atoms with E-state index in [1.807, 2.05) is 50.2 Å². The molecule has 1 unspecified atom stereocenters. The number of hydrogen-bond acceptors (Lipinski definition) is 6. The van der Waals surface area contributed by atoms with E-state index in [0.29, 0.717) is 17.3 Å². The Morgan fingerprint density at radius 2 is 1.93 bits per heavy atom. The summed E-state index contributed by atoms with van der Waals surface area (Å²) in [6.45, 7) is 5.84. The molecule has 0 aliphatic carbocycles. The molecule has 0 radical (unpaired) electrons. The first-order chi connectivity index (χ1) is 13.9. The zero-order chi connectivity index (χ0) is 21.0. The lowest BCUT2D eigenvalue weighted by atomic mass is 9.86. The van der Waals surface area contributed by atoms with Gasteiger partial charge in [0.2, 0.25) is 5.88 Å². The molecule has 1 aromatic carbocycles. The van der Waals surface area contributed by atoms with Crippen LogP contribution < -0.4 is 10.1 Å². The Morgan fingerprint density at radius 1 is 1.21 bits per heavy atom. The van der Waals surface area contributed by atoms with E-state index in [4.69, 9.17) is 14.2 Å². The number of hydrogen-bond donors (Lipinski definition) is 1. The van der Waals surface area contributed by atoms with Crippen molar-refractivity contribution in [2.75, 3.05) is 11.9 Å². The fraction of sp³-hybridized carbons (Fsp3) is 0.333.